The molecule has 0 saturated heterocycles. The summed E-state index contributed by atoms with van der Waals surface area (Å²) in [6.07, 6.45) is 1.70. The number of carbonyl (C=O) groups is 1. The monoisotopic (exact) mass is 386 g/mol. The number of nitrogens with one attached hydrogen (secondary N) is 1. The molecule has 1 N–H and O–H groups in total. The Morgan fingerprint density at radius 1 is 1.19 bits per heavy atom. The zero-order valence-electron chi connectivity index (χ0n) is 15.5. The van der Waals surface area contributed by atoms with Crippen molar-refractivity contribution in [1.29, 1.82) is 0 Å². The van der Waals surface area contributed by atoms with E-state index in [2.05, 4.69) is 28.5 Å². The molecule has 0 unspecified atom stereocenters. The Balaban J connectivity index is 1.86. The number of sulfonamides is 1. The van der Waals surface area contributed by atoms with E-state index in [-0.39, 0.29) is 17.2 Å². The van der Waals surface area contributed by atoms with Crippen LogP contribution in [-0.2, 0) is 23.1 Å². The van der Waals surface area contributed by atoms with Crippen molar-refractivity contribution >= 4 is 27.0 Å². The molecular weight excluding hydrogens is 364 g/mol. The minimum absolute atomic E-state index is 0.0554. The molecule has 0 aliphatic rings. The molecule has 0 amide bonds. The molecule has 0 bridgehead atoms. The number of fused-ring (bicyclic) bond motifs is 1. The number of imidazole rings is 1. The number of carbonyl (C=O) groups excluding carboxylic acids is 1. The lowest BCUT2D eigenvalue weighted by Gasteiger charge is -2.12. The summed E-state index contributed by atoms with van der Waals surface area (Å²) in [7, 11) is -3.72. The summed E-state index contributed by atoms with van der Waals surface area (Å²) in [6, 6.07) is 9.54. The summed E-state index contributed by atoms with van der Waals surface area (Å²) in [5.41, 5.74) is 1.95. The second kappa shape index (κ2) is 7.58. The maximum atomic E-state index is 12.6. The van der Waals surface area contributed by atoms with Gasteiger partial charge in [0.05, 0.1) is 11.4 Å². The number of rotatable bonds is 7. The van der Waals surface area contributed by atoms with Crippen LogP contribution in [0.4, 0.5) is 0 Å². The molecule has 7 nitrogen and oxygen atoms in total. The van der Waals surface area contributed by atoms with Gasteiger partial charge in [0.1, 0.15) is 11.3 Å². The number of pyridine rings is 1. The predicted molar refractivity (Wildman–Crippen MR) is 103 cm³/mol. The van der Waals surface area contributed by atoms with Gasteiger partial charge in [0.25, 0.3) is 0 Å². The molecule has 2 aromatic heterocycles. The highest BCUT2D eigenvalue weighted by atomic mass is 32.2. The summed E-state index contributed by atoms with van der Waals surface area (Å²) in [4.78, 5) is 20.4. The normalized spacial score (nSPS) is 12.0. The summed E-state index contributed by atoms with van der Waals surface area (Å²) in [5, 5.41) is 0. The second-order valence-corrected chi connectivity index (χ2v) is 8.55. The van der Waals surface area contributed by atoms with E-state index in [4.69, 9.17) is 0 Å². The van der Waals surface area contributed by atoms with Gasteiger partial charge in [-0.25, -0.2) is 23.1 Å². The first-order valence-corrected chi connectivity index (χ1v) is 10.2. The van der Waals surface area contributed by atoms with Crippen LogP contribution in [0.3, 0.4) is 0 Å². The topological polar surface area (TPSA) is 93.9 Å². The van der Waals surface area contributed by atoms with Gasteiger partial charge in [0.15, 0.2) is 11.4 Å². The Kier molecular flexibility index (Phi) is 5.38. The first-order chi connectivity index (χ1) is 12.8. The van der Waals surface area contributed by atoms with E-state index >= 15 is 0 Å². The quantitative estimate of drug-likeness (QED) is 0.630. The Bertz CT molecular complexity index is 1070. The summed E-state index contributed by atoms with van der Waals surface area (Å²) in [6.45, 7) is 6.35. The van der Waals surface area contributed by atoms with E-state index < -0.39 is 10.0 Å². The van der Waals surface area contributed by atoms with Crippen LogP contribution < -0.4 is 4.72 Å². The highest BCUT2D eigenvalue weighted by Crippen LogP contribution is 2.17. The van der Waals surface area contributed by atoms with E-state index in [1.807, 2.05) is 10.6 Å². The van der Waals surface area contributed by atoms with Crippen LogP contribution in [0.1, 0.15) is 37.0 Å². The average Bonchev–Trinajstić information content (AvgIpc) is 2.97. The van der Waals surface area contributed by atoms with E-state index in [9.17, 15) is 13.2 Å². The molecule has 27 heavy (non-hydrogen) atoms. The summed E-state index contributed by atoms with van der Waals surface area (Å²) in [5.74, 6) is 0.863. The van der Waals surface area contributed by atoms with Crippen molar-refractivity contribution in [3.63, 3.8) is 0 Å². The van der Waals surface area contributed by atoms with Gasteiger partial charge in [0.2, 0.25) is 10.0 Å². The van der Waals surface area contributed by atoms with Gasteiger partial charge in [-0.3, -0.25) is 4.79 Å². The Morgan fingerprint density at radius 2 is 1.89 bits per heavy atom. The lowest BCUT2D eigenvalue weighted by atomic mass is 10.2. The van der Waals surface area contributed by atoms with Crippen LogP contribution in [0.5, 0.6) is 0 Å². The van der Waals surface area contributed by atoms with Gasteiger partial charge in [-0.1, -0.05) is 26.0 Å². The molecule has 142 valence electrons. The van der Waals surface area contributed by atoms with Crippen molar-refractivity contribution in [3.05, 3.63) is 54.0 Å². The van der Waals surface area contributed by atoms with E-state index in [1.54, 1.807) is 12.3 Å². The van der Waals surface area contributed by atoms with E-state index in [0.29, 0.717) is 23.9 Å². The molecule has 0 fully saturated rings. The van der Waals surface area contributed by atoms with Crippen molar-refractivity contribution < 1.29 is 13.2 Å². The minimum Gasteiger partial charge on any atom is -0.311 e. The molecule has 3 aromatic rings. The number of benzene rings is 1. The maximum Gasteiger partial charge on any atom is 0.240 e. The van der Waals surface area contributed by atoms with Crippen LogP contribution >= 0.6 is 0 Å². The molecule has 0 saturated carbocycles. The van der Waals surface area contributed by atoms with Gasteiger partial charge in [-0.15, -0.1) is 0 Å². The first-order valence-electron chi connectivity index (χ1n) is 8.68. The fourth-order valence-electron chi connectivity index (χ4n) is 2.81. The number of Topliss-reactive ketones (excluding diaryl/α,β-unsaturated/α-hetero) is 1. The smallest absolute Gasteiger partial charge is 0.240 e. The highest BCUT2D eigenvalue weighted by molar-refractivity contribution is 7.89. The SMILES string of the molecule is CC(=O)c1ccc(S(=O)(=O)NCc2nc3cccnc3n2CC(C)C)cc1. The van der Waals surface area contributed by atoms with Gasteiger partial charge >= 0.3 is 0 Å². The molecule has 1 aromatic carbocycles. The third kappa shape index (κ3) is 4.23. The molecule has 0 aliphatic carbocycles. The molecule has 8 heteroatoms. The minimum atomic E-state index is -3.72. The number of hydrogen-bond donors (Lipinski definition) is 1. The maximum absolute atomic E-state index is 12.6. The van der Waals surface area contributed by atoms with Crippen LogP contribution in [0.2, 0.25) is 0 Å². The Morgan fingerprint density at radius 3 is 2.52 bits per heavy atom. The van der Waals surface area contributed by atoms with Gasteiger partial charge in [-0.05, 0) is 37.1 Å². The Hall–Kier alpha value is -2.58. The van der Waals surface area contributed by atoms with Crippen LogP contribution in [0, 0.1) is 5.92 Å². The largest absolute Gasteiger partial charge is 0.311 e. The van der Waals surface area contributed by atoms with Crippen molar-refractivity contribution in [3.8, 4) is 0 Å². The van der Waals surface area contributed by atoms with Crippen molar-refractivity contribution in [2.75, 3.05) is 0 Å². The van der Waals surface area contributed by atoms with Crippen molar-refractivity contribution in [1.82, 2.24) is 19.3 Å². The van der Waals surface area contributed by atoms with Crippen LogP contribution in [0.25, 0.3) is 11.2 Å². The molecule has 0 atom stereocenters. The zero-order valence-corrected chi connectivity index (χ0v) is 16.3. The van der Waals surface area contributed by atoms with Gasteiger partial charge < -0.3 is 4.57 Å². The van der Waals surface area contributed by atoms with E-state index in [1.165, 1.54) is 31.2 Å². The number of aromatic nitrogens is 3. The van der Waals surface area contributed by atoms with Crippen molar-refractivity contribution in [2.24, 2.45) is 5.92 Å². The summed E-state index contributed by atoms with van der Waals surface area (Å²) >= 11 is 0. The zero-order chi connectivity index (χ0) is 19.6. The fourth-order valence-corrected chi connectivity index (χ4v) is 3.79. The number of hydrogen-bond acceptors (Lipinski definition) is 5. The van der Waals surface area contributed by atoms with E-state index in [0.717, 1.165) is 11.2 Å². The molecule has 2 heterocycles. The first kappa shape index (κ1) is 19.2. The Labute approximate surface area is 158 Å². The van der Waals surface area contributed by atoms with Crippen molar-refractivity contribution in [2.45, 2.75) is 38.8 Å². The number of ketones is 1. The third-order valence-electron chi connectivity index (χ3n) is 4.12. The molecule has 0 spiro atoms. The van der Waals surface area contributed by atoms with Gasteiger partial charge in [-0.2, -0.15) is 0 Å². The highest BCUT2D eigenvalue weighted by Gasteiger charge is 2.18. The van der Waals surface area contributed by atoms with Crippen LogP contribution in [0.15, 0.2) is 47.5 Å². The lowest BCUT2D eigenvalue weighted by molar-refractivity contribution is 0.101. The lowest BCUT2D eigenvalue weighted by Crippen LogP contribution is -2.25. The molecule has 0 radical (unpaired) electrons. The molecule has 3 rings (SSSR count). The standard InChI is InChI=1S/C19H22N4O3S/c1-13(2)12-23-18(22-17-5-4-10-20-19(17)23)11-21-27(25,26)16-8-6-15(7-9-16)14(3)24/h4-10,13,21H,11-12H2,1-3H3. The van der Waals surface area contributed by atoms with Gasteiger partial charge in [0, 0.05) is 18.3 Å². The molecular formula is C19H22N4O3S. The second-order valence-electron chi connectivity index (χ2n) is 6.78. The predicted octanol–water partition coefficient (Wildman–Crippen LogP) is 2.77. The number of nitrogens with zero attached hydrogens (tertiary/aromatic N) is 3. The fraction of sp³-hybridized carbons (Fsp3) is 0.316. The average molecular weight is 386 g/mol. The third-order valence-corrected chi connectivity index (χ3v) is 5.54. The summed E-state index contributed by atoms with van der Waals surface area (Å²) < 4.78 is 29.7. The molecule has 0 aliphatic heterocycles. The van der Waals surface area contributed by atoms with Crippen LogP contribution in [-0.4, -0.2) is 28.7 Å².